The molecule has 4 aromatic heterocycles. The summed E-state index contributed by atoms with van der Waals surface area (Å²) in [6.07, 6.45) is 8.70. The van der Waals surface area contributed by atoms with E-state index in [1.54, 1.807) is 11.6 Å². The number of hydrogen-bond acceptors (Lipinski definition) is 8. The lowest BCUT2D eigenvalue weighted by atomic mass is 9.90. The number of pyridine rings is 2. The number of H-pyrrole nitrogens is 1. The summed E-state index contributed by atoms with van der Waals surface area (Å²) in [5.41, 5.74) is 6.45. The fraction of sp³-hybridized carbons (Fsp3) is 0.462. The van der Waals surface area contributed by atoms with E-state index < -0.39 is 9.84 Å². The van der Waals surface area contributed by atoms with Crippen LogP contribution in [0.1, 0.15) is 49.7 Å². The Morgan fingerprint density at radius 2 is 1.97 bits per heavy atom. The van der Waals surface area contributed by atoms with Gasteiger partial charge in [0.15, 0.2) is 11.4 Å². The van der Waals surface area contributed by atoms with Crippen LogP contribution < -0.4 is 4.74 Å². The summed E-state index contributed by atoms with van der Waals surface area (Å²) in [6.45, 7) is 6.71. The van der Waals surface area contributed by atoms with Crippen LogP contribution in [0.25, 0.3) is 28.3 Å². The Bertz CT molecular complexity index is 1480. The summed E-state index contributed by atoms with van der Waals surface area (Å²) >= 11 is 0. The van der Waals surface area contributed by atoms with E-state index in [4.69, 9.17) is 9.72 Å². The molecule has 0 unspecified atom stereocenters. The number of likely N-dealkylation sites (tertiary alicyclic amines) is 1. The van der Waals surface area contributed by atoms with Crippen molar-refractivity contribution >= 4 is 15.5 Å². The van der Waals surface area contributed by atoms with Crippen molar-refractivity contribution in [3.05, 3.63) is 48.0 Å². The van der Waals surface area contributed by atoms with E-state index in [2.05, 4.69) is 51.2 Å². The summed E-state index contributed by atoms with van der Waals surface area (Å²) in [5.74, 6) is 1.50. The van der Waals surface area contributed by atoms with Crippen molar-refractivity contribution in [2.24, 2.45) is 0 Å². The zero-order valence-corrected chi connectivity index (χ0v) is 22.5. The van der Waals surface area contributed by atoms with Crippen LogP contribution in [-0.2, 0) is 9.84 Å². The second kappa shape index (κ2) is 10.2. The van der Waals surface area contributed by atoms with Crippen LogP contribution in [0.15, 0.2) is 36.9 Å². The third-order valence-electron chi connectivity index (χ3n) is 7.10. The van der Waals surface area contributed by atoms with Gasteiger partial charge in [-0.3, -0.25) is 10.1 Å². The van der Waals surface area contributed by atoms with Gasteiger partial charge in [0.25, 0.3) is 0 Å². The fourth-order valence-corrected chi connectivity index (χ4v) is 5.67. The number of aromatic amines is 1. The maximum atomic E-state index is 11.5. The van der Waals surface area contributed by atoms with Gasteiger partial charge in [-0.15, -0.1) is 0 Å². The van der Waals surface area contributed by atoms with Gasteiger partial charge in [0, 0.05) is 36.3 Å². The SMILES string of the molecule is COc1cc(-c2[nH]nc(-c3ccc(C4CCN(CCS(C)(=O)=O)CC4)cn3)c2C(C)C)cn2ncnc12. The second-order valence-electron chi connectivity index (χ2n) is 10.1. The molecule has 0 aromatic carbocycles. The molecule has 37 heavy (non-hydrogen) atoms. The van der Waals surface area contributed by atoms with Crippen molar-refractivity contribution in [3.8, 4) is 28.4 Å². The fourth-order valence-electron chi connectivity index (χ4n) is 5.08. The first-order valence-electron chi connectivity index (χ1n) is 12.6. The van der Waals surface area contributed by atoms with Crippen molar-refractivity contribution in [1.29, 1.82) is 0 Å². The van der Waals surface area contributed by atoms with Gasteiger partial charge in [-0.05, 0) is 55.5 Å². The van der Waals surface area contributed by atoms with Gasteiger partial charge in [-0.2, -0.15) is 10.2 Å². The van der Waals surface area contributed by atoms with Gasteiger partial charge in [0.1, 0.15) is 21.9 Å². The third-order valence-corrected chi connectivity index (χ3v) is 8.02. The minimum atomic E-state index is -2.93. The maximum absolute atomic E-state index is 11.5. The van der Waals surface area contributed by atoms with E-state index in [9.17, 15) is 8.42 Å². The molecule has 1 saturated heterocycles. The maximum Gasteiger partial charge on any atom is 0.197 e. The number of rotatable bonds is 8. The first-order valence-corrected chi connectivity index (χ1v) is 14.6. The molecular weight excluding hydrogens is 490 g/mol. The van der Waals surface area contributed by atoms with Crippen molar-refractivity contribution < 1.29 is 13.2 Å². The summed E-state index contributed by atoms with van der Waals surface area (Å²) in [7, 11) is -1.30. The van der Waals surface area contributed by atoms with Crippen molar-refractivity contribution in [1.82, 2.24) is 34.7 Å². The van der Waals surface area contributed by atoms with Gasteiger partial charge in [0.2, 0.25) is 0 Å². The standard InChI is InChI=1S/C26H33N7O3S/c1-17(2)23-24(20-13-22(36-3)26-28-16-29-33(26)15-20)30-31-25(23)21-6-5-19(14-27-21)18-7-9-32(10-8-18)11-12-37(4,34)35/h5-6,13-18H,7-12H2,1-4H3,(H,30,31). The van der Waals surface area contributed by atoms with Gasteiger partial charge in [-0.1, -0.05) is 19.9 Å². The van der Waals surface area contributed by atoms with Crippen molar-refractivity contribution in [2.75, 3.05) is 38.8 Å². The molecule has 0 bridgehead atoms. The Labute approximate surface area is 217 Å². The Morgan fingerprint density at radius 3 is 2.62 bits per heavy atom. The molecule has 0 saturated carbocycles. The second-order valence-corrected chi connectivity index (χ2v) is 12.3. The van der Waals surface area contributed by atoms with Crippen LogP contribution in [0.3, 0.4) is 0 Å². The number of ether oxygens (including phenoxy) is 1. The lowest BCUT2D eigenvalue weighted by molar-refractivity contribution is 0.223. The molecule has 0 atom stereocenters. The van der Waals surface area contributed by atoms with Gasteiger partial charge >= 0.3 is 0 Å². The molecule has 1 N–H and O–H groups in total. The molecule has 0 radical (unpaired) electrons. The highest BCUT2D eigenvalue weighted by molar-refractivity contribution is 7.90. The molecule has 5 heterocycles. The molecule has 1 aliphatic heterocycles. The zero-order valence-electron chi connectivity index (χ0n) is 21.7. The predicted octanol–water partition coefficient (Wildman–Crippen LogP) is 3.54. The minimum absolute atomic E-state index is 0.207. The predicted molar refractivity (Wildman–Crippen MR) is 143 cm³/mol. The highest BCUT2D eigenvalue weighted by atomic mass is 32.2. The number of fused-ring (bicyclic) bond motifs is 1. The molecule has 0 amide bonds. The third kappa shape index (κ3) is 5.37. The van der Waals surface area contributed by atoms with Crippen LogP contribution in [0.4, 0.5) is 0 Å². The van der Waals surface area contributed by atoms with Gasteiger partial charge in [-0.25, -0.2) is 17.9 Å². The van der Waals surface area contributed by atoms with Crippen LogP contribution in [0.2, 0.25) is 0 Å². The van der Waals surface area contributed by atoms with Crippen LogP contribution >= 0.6 is 0 Å². The first-order chi connectivity index (χ1) is 17.7. The van der Waals surface area contributed by atoms with E-state index in [1.807, 2.05) is 18.5 Å². The monoisotopic (exact) mass is 523 g/mol. The molecule has 196 valence electrons. The Balaban J connectivity index is 1.36. The van der Waals surface area contributed by atoms with E-state index in [0.717, 1.165) is 54.1 Å². The summed E-state index contributed by atoms with van der Waals surface area (Å²) < 4.78 is 30.2. The van der Waals surface area contributed by atoms with E-state index in [0.29, 0.717) is 23.9 Å². The number of sulfone groups is 1. The topological polar surface area (TPSA) is 118 Å². The number of nitrogens with one attached hydrogen (secondary N) is 1. The highest BCUT2D eigenvalue weighted by Gasteiger charge is 2.24. The lowest BCUT2D eigenvalue weighted by Crippen LogP contribution is -2.36. The molecule has 5 rings (SSSR count). The van der Waals surface area contributed by atoms with Gasteiger partial charge < -0.3 is 9.64 Å². The van der Waals surface area contributed by atoms with E-state index in [-0.39, 0.29) is 11.7 Å². The van der Waals surface area contributed by atoms with Crippen LogP contribution in [-0.4, -0.2) is 81.8 Å². The Kier molecular flexibility index (Phi) is 7.00. The molecule has 11 heteroatoms. The van der Waals surface area contributed by atoms with Crippen LogP contribution in [0, 0.1) is 0 Å². The highest BCUT2D eigenvalue weighted by Crippen LogP contribution is 2.37. The smallest absolute Gasteiger partial charge is 0.197 e. The van der Waals surface area contributed by atoms with Gasteiger partial charge in [0.05, 0.1) is 24.3 Å². The Morgan fingerprint density at radius 1 is 1.19 bits per heavy atom. The average Bonchev–Trinajstić information content (AvgIpc) is 3.54. The zero-order chi connectivity index (χ0) is 26.2. The number of aromatic nitrogens is 6. The molecular formula is C26H33N7O3S. The molecule has 1 aliphatic rings. The summed E-state index contributed by atoms with van der Waals surface area (Å²) in [5, 5.41) is 12.2. The molecule has 0 spiro atoms. The quantitative estimate of drug-likeness (QED) is 0.373. The average molecular weight is 524 g/mol. The summed E-state index contributed by atoms with van der Waals surface area (Å²) in [4.78, 5) is 11.3. The Hall–Kier alpha value is -3.31. The van der Waals surface area contributed by atoms with Crippen molar-refractivity contribution in [2.45, 2.75) is 38.5 Å². The van der Waals surface area contributed by atoms with E-state index >= 15 is 0 Å². The number of methoxy groups -OCH3 is 1. The van der Waals surface area contributed by atoms with Crippen molar-refractivity contribution in [3.63, 3.8) is 0 Å². The first kappa shape index (κ1) is 25.3. The van der Waals surface area contributed by atoms with E-state index in [1.165, 1.54) is 18.1 Å². The molecule has 10 nitrogen and oxygen atoms in total. The molecule has 0 aliphatic carbocycles. The molecule has 4 aromatic rings. The normalized spacial score (nSPS) is 15.6. The summed E-state index contributed by atoms with van der Waals surface area (Å²) in [6, 6.07) is 6.16. The largest absolute Gasteiger partial charge is 0.493 e. The molecule has 1 fully saturated rings. The number of piperidine rings is 1. The van der Waals surface area contributed by atoms with Crippen LogP contribution in [0.5, 0.6) is 5.75 Å². The minimum Gasteiger partial charge on any atom is -0.493 e. The number of nitrogens with zero attached hydrogens (tertiary/aromatic N) is 6. The lowest BCUT2D eigenvalue weighted by Gasteiger charge is -2.31. The number of hydrogen-bond donors (Lipinski definition) is 1.